The van der Waals surface area contributed by atoms with Crippen LogP contribution in [-0.2, 0) is 11.2 Å². The number of unbranched alkanes of at least 4 members (excludes halogenated alkanes) is 1. The van der Waals surface area contributed by atoms with Gasteiger partial charge in [0.2, 0.25) is 0 Å². The molecule has 0 aromatic heterocycles. The number of nitrogens with zero attached hydrogens (tertiary/aromatic N) is 1. The van der Waals surface area contributed by atoms with Crippen LogP contribution in [0.2, 0.25) is 0 Å². The molecule has 1 aliphatic rings. The van der Waals surface area contributed by atoms with Gasteiger partial charge in [-0.05, 0) is 36.6 Å². The molecular formula is C22H21NO5. The normalized spacial score (nSPS) is 12.9. The summed E-state index contributed by atoms with van der Waals surface area (Å²) < 4.78 is 5.09. The highest BCUT2D eigenvalue weighted by molar-refractivity contribution is 6.21. The molecule has 2 aromatic carbocycles. The van der Waals surface area contributed by atoms with Gasteiger partial charge in [-0.25, -0.2) is 4.79 Å². The minimum absolute atomic E-state index is 0.123. The van der Waals surface area contributed by atoms with E-state index in [1.54, 1.807) is 12.1 Å². The highest BCUT2D eigenvalue weighted by Gasteiger charge is 2.33. The number of hydrogen-bond donors (Lipinski definition) is 0. The quantitative estimate of drug-likeness (QED) is 0.419. The van der Waals surface area contributed by atoms with Gasteiger partial charge in [0.05, 0.1) is 16.7 Å². The fourth-order valence-corrected chi connectivity index (χ4v) is 3.02. The molecular weight excluding hydrogens is 358 g/mol. The SMILES string of the molecule is CCCCc1ccc(C(=O)COC(=O)c2ccc3c(c2)C(=O)N(C)C3=O)cc1. The number of ether oxygens (including phenoxy) is 1. The van der Waals surface area contributed by atoms with Crippen LogP contribution < -0.4 is 0 Å². The van der Waals surface area contributed by atoms with Crippen LogP contribution in [0, 0.1) is 0 Å². The Morgan fingerprint density at radius 1 is 0.929 bits per heavy atom. The van der Waals surface area contributed by atoms with Crippen molar-refractivity contribution in [1.82, 2.24) is 4.90 Å². The first-order valence-corrected chi connectivity index (χ1v) is 9.18. The zero-order valence-electron chi connectivity index (χ0n) is 15.9. The molecule has 0 N–H and O–H groups in total. The third-order valence-electron chi connectivity index (χ3n) is 4.75. The summed E-state index contributed by atoms with van der Waals surface area (Å²) in [5.74, 6) is -1.89. The maximum atomic E-state index is 12.2. The van der Waals surface area contributed by atoms with E-state index in [-0.39, 0.29) is 22.5 Å². The summed E-state index contributed by atoms with van der Waals surface area (Å²) in [7, 11) is 1.38. The summed E-state index contributed by atoms with van der Waals surface area (Å²) >= 11 is 0. The molecule has 1 heterocycles. The van der Waals surface area contributed by atoms with Crippen molar-refractivity contribution < 1.29 is 23.9 Å². The Labute approximate surface area is 163 Å². The Morgan fingerprint density at radius 2 is 1.57 bits per heavy atom. The largest absolute Gasteiger partial charge is 0.454 e. The summed E-state index contributed by atoms with van der Waals surface area (Å²) in [6, 6.07) is 11.4. The van der Waals surface area contributed by atoms with Gasteiger partial charge in [0.1, 0.15) is 0 Å². The number of ketones is 1. The van der Waals surface area contributed by atoms with Gasteiger partial charge < -0.3 is 4.74 Å². The Hall–Kier alpha value is -3.28. The molecule has 0 saturated carbocycles. The van der Waals surface area contributed by atoms with Gasteiger partial charge in [-0.3, -0.25) is 19.3 Å². The molecule has 2 aromatic rings. The number of fused-ring (bicyclic) bond motifs is 1. The molecule has 0 radical (unpaired) electrons. The summed E-state index contributed by atoms with van der Waals surface area (Å²) in [6.07, 6.45) is 3.17. The first kappa shape index (κ1) is 19.5. The smallest absolute Gasteiger partial charge is 0.338 e. The van der Waals surface area contributed by atoms with Crippen LogP contribution >= 0.6 is 0 Å². The average Bonchev–Trinajstić information content (AvgIpc) is 2.94. The van der Waals surface area contributed by atoms with Crippen molar-refractivity contribution in [2.75, 3.05) is 13.7 Å². The van der Waals surface area contributed by atoms with E-state index in [4.69, 9.17) is 4.74 Å². The van der Waals surface area contributed by atoms with Crippen molar-refractivity contribution in [3.05, 3.63) is 70.3 Å². The number of imide groups is 1. The fourth-order valence-electron chi connectivity index (χ4n) is 3.02. The number of benzene rings is 2. The third-order valence-corrected chi connectivity index (χ3v) is 4.75. The van der Waals surface area contributed by atoms with Crippen molar-refractivity contribution in [2.24, 2.45) is 0 Å². The Balaban J connectivity index is 1.62. The highest BCUT2D eigenvalue weighted by Crippen LogP contribution is 2.23. The van der Waals surface area contributed by atoms with Gasteiger partial charge in [0, 0.05) is 12.6 Å². The van der Waals surface area contributed by atoms with E-state index < -0.39 is 24.4 Å². The van der Waals surface area contributed by atoms with E-state index >= 15 is 0 Å². The number of amides is 2. The van der Waals surface area contributed by atoms with Crippen molar-refractivity contribution in [1.29, 1.82) is 0 Å². The predicted molar refractivity (Wildman–Crippen MR) is 103 cm³/mol. The summed E-state index contributed by atoms with van der Waals surface area (Å²) in [5, 5.41) is 0. The van der Waals surface area contributed by atoms with Crippen LogP contribution in [0.1, 0.15) is 66.8 Å². The van der Waals surface area contributed by atoms with Crippen molar-refractivity contribution in [3.63, 3.8) is 0 Å². The van der Waals surface area contributed by atoms with Gasteiger partial charge in [-0.15, -0.1) is 0 Å². The predicted octanol–water partition coefficient (Wildman–Crippen LogP) is 3.29. The molecule has 0 bridgehead atoms. The van der Waals surface area contributed by atoms with Gasteiger partial charge in [-0.2, -0.15) is 0 Å². The number of esters is 1. The summed E-state index contributed by atoms with van der Waals surface area (Å²) in [4.78, 5) is 49.4. The molecule has 0 spiro atoms. The van der Waals surface area contributed by atoms with Crippen LogP contribution in [0.15, 0.2) is 42.5 Å². The second-order valence-corrected chi connectivity index (χ2v) is 6.73. The maximum absolute atomic E-state index is 12.2. The highest BCUT2D eigenvalue weighted by atomic mass is 16.5. The Morgan fingerprint density at radius 3 is 2.25 bits per heavy atom. The molecule has 0 atom stereocenters. The Bertz CT molecular complexity index is 946. The zero-order chi connectivity index (χ0) is 20.3. The zero-order valence-corrected chi connectivity index (χ0v) is 15.9. The molecule has 6 heteroatoms. The monoisotopic (exact) mass is 379 g/mol. The standard InChI is InChI=1S/C22H21NO5/c1-3-4-5-14-6-8-15(9-7-14)19(24)13-28-22(27)16-10-11-17-18(12-16)21(26)23(2)20(17)25/h6-12H,3-5,13H2,1-2H3. The lowest BCUT2D eigenvalue weighted by atomic mass is 10.0. The lowest BCUT2D eigenvalue weighted by Gasteiger charge is -2.06. The molecule has 2 amide bonds. The first-order valence-electron chi connectivity index (χ1n) is 9.18. The fraction of sp³-hybridized carbons (Fsp3) is 0.273. The second kappa shape index (κ2) is 8.17. The van der Waals surface area contributed by atoms with E-state index in [1.165, 1.54) is 25.2 Å². The number of carbonyl (C=O) groups excluding carboxylic acids is 4. The molecule has 0 fully saturated rings. The summed E-state index contributed by atoms with van der Waals surface area (Å²) in [6.45, 7) is 1.73. The van der Waals surface area contributed by atoms with Crippen LogP contribution in [0.5, 0.6) is 0 Å². The molecule has 0 saturated heterocycles. The molecule has 0 unspecified atom stereocenters. The maximum Gasteiger partial charge on any atom is 0.338 e. The van der Waals surface area contributed by atoms with E-state index in [9.17, 15) is 19.2 Å². The lowest BCUT2D eigenvalue weighted by Crippen LogP contribution is -2.24. The minimum atomic E-state index is -0.717. The molecule has 144 valence electrons. The van der Waals surface area contributed by atoms with E-state index in [1.807, 2.05) is 12.1 Å². The van der Waals surface area contributed by atoms with Crippen LogP contribution in [0.25, 0.3) is 0 Å². The molecule has 28 heavy (non-hydrogen) atoms. The first-order chi connectivity index (χ1) is 13.4. The Kier molecular flexibility index (Phi) is 5.68. The second-order valence-electron chi connectivity index (χ2n) is 6.73. The average molecular weight is 379 g/mol. The minimum Gasteiger partial charge on any atom is -0.454 e. The van der Waals surface area contributed by atoms with Crippen LogP contribution in [0.4, 0.5) is 0 Å². The number of aryl methyl sites for hydroxylation is 1. The van der Waals surface area contributed by atoms with Gasteiger partial charge in [-0.1, -0.05) is 37.6 Å². The van der Waals surface area contributed by atoms with Crippen molar-refractivity contribution in [2.45, 2.75) is 26.2 Å². The van der Waals surface area contributed by atoms with Gasteiger partial charge >= 0.3 is 5.97 Å². The molecule has 1 aliphatic heterocycles. The van der Waals surface area contributed by atoms with Crippen LogP contribution in [0.3, 0.4) is 0 Å². The topological polar surface area (TPSA) is 80.8 Å². The third kappa shape index (κ3) is 3.86. The number of rotatable bonds is 7. The molecule has 0 aliphatic carbocycles. The number of Topliss-reactive ketones (excluding diaryl/α,β-unsaturated/α-hetero) is 1. The number of carbonyl (C=O) groups is 4. The van der Waals surface area contributed by atoms with Gasteiger partial charge in [0.15, 0.2) is 12.4 Å². The van der Waals surface area contributed by atoms with E-state index in [0.29, 0.717) is 5.56 Å². The summed E-state index contributed by atoms with van der Waals surface area (Å²) in [5.41, 5.74) is 2.18. The molecule has 6 nitrogen and oxygen atoms in total. The van der Waals surface area contributed by atoms with Crippen molar-refractivity contribution >= 4 is 23.6 Å². The van der Waals surface area contributed by atoms with Gasteiger partial charge in [0.25, 0.3) is 11.8 Å². The molecule has 3 rings (SSSR count). The van der Waals surface area contributed by atoms with Crippen LogP contribution in [-0.4, -0.2) is 42.1 Å². The van der Waals surface area contributed by atoms with E-state index in [0.717, 1.165) is 29.7 Å². The van der Waals surface area contributed by atoms with E-state index in [2.05, 4.69) is 6.92 Å². The van der Waals surface area contributed by atoms with Crippen molar-refractivity contribution in [3.8, 4) is 0 Å². The number of hydrogen-bond acceptors (Lipinski definition) is 5. The lowest BCUT2D eigenvalue weighted by molar-refractivity contribution is 0.0474.